The van der Waals surface area contributed by atoms with Gasteiger partial charge in [-0.05, 0) is 88.5 Å². The fourth-order valence-corrected chi connectivity index (χ4v) is 6.96. The van der Waals surface area contributed by atoms with Crippen LogP contribution in [0.5, 0.6) is 0 Å². The summed E-state index contributed by atoms with van der Waals surface area (Å²) in [5.74, 6) is -9.95. The maximum atomic E-state index is 7.09. The summed E-state index contributed by atoms with van der Waals surface area (Å²) in [7, 11) is 0. The van der Waals surface area contributed by atoms with Gasteiger partial charge in [0.2, 0.25) is 12.1 Å². The minimum atomic E-state index is -2.18. The Labute approximate surface area is 318 Å². The van der Waals surface area contributed by atoms with Gasteiger partial charge in [-0.3, -0.25) is 0 Å². The van der Waals surface area contributed by atoms with Crippen molar-refractivity contribution in [3.05, 3.63) is 0 Å². The Hall–Kier alpha value is -0.480. The number of unbranched alkanes of at least 4 members (excludes halogenated alkanes) is 5. The second-order valence-electron chi connectivity index (χ2n) is 12.2. The lowest BCUT2D eigenvalue weighted by Crippen LogP contribution is -2.87. The summed E-state index contributed by atoms with van der Waals surface area (Å²) in [6, 6.07) is 0. The van der Waals surface area contributed by atoms with Crippen molar-refractivity contribution in [2.24, 2.45) is 0 Å². The van der Waals surface area contributed by atoms with Gasteiger partial charge in [-0.25, -0.2) is 0 Å². The van der Waals surface area contributed by atoms with E-state index in [1.807, 2.05) is 69.2 Å². The van der Waals surface area contributed by atoms with E-state index >= 15 is 0 Å². The molecule has 12 nitrogen and oxygen atoms in total. The Balaban J connectivity index is 9.04. The zero-order chi connectivity index (χ0) is 39.4. The second-order valence-corrected chi connectivity index (χ2v) is 12.2. The van der Waals surface area contributed by atoms with Gasteiger partial charge in [0.05, 0.1) is 0 Å². The molecule has 0 amide bonds. The SMILES string of the molecule is CCCCCCCCC(OCCC)(OCCC)C(OCC)(OCC)C(OCC)(OCC)C(OCC)(OCC)C(OCC)(OCC)C(OCC)OCC. The maximum Gasteiger partial charge on any atom is 0.291 e. The Kier molecular flexibility index (Phi) is 28.6. The summed E-state index contributed by atoms with van der Waals surface area (Å²) in [5.41, 5.74) is 0. The molecule has 0 radical (unpaired) electrons. The van der Waals surface area contributed by atoms with E-state index in [-0.39, 0.29) is 66.1 Å². The summed E-state index contributed by atoms with van der Waals surface area (Å²) in [5, 5.41) is 0. The summed E-state index contributed by atoms with van der Waals surface area (Å²) in [6.07, 6.45) is 6.91. The van der Waals surface area contributed by atoms with E-state index in [1.54, 1.807) is 0 Å². The van der Waals surface area contributed by atoms with E-state index in [2.05, 4.69) is 20.8 Å². The van der Waals surface area contributed by atoms with Gasteiger partial charge in [-0.15, -0.1) is 0 Å². The molecule has 12 heteroatoms. The third kappa shape index (κ3) is 12.0. The zero-order valence-corrected chi connectivity index (χ0v) is 35.8. The van der Waals surface area contributed by atoms with Gasteiger partial charge >= 0.3 is 0 Å². The van der Waals surface area contributed by atoms with Crippen LogP contribution < -0.4 is 0 Å². The Morgan fingerprint density at radius 3 is 1.06 bits per heavy atom. The van der Waals surface area contributed by atoms with Gasteiger partial charge in [0, 0.05) is 85.7 Å². The third-order valence-electron chi connectivity index (χ3n) is 8.51. The lowest BCUT2D eigenvalue weighted by atomic mass is 9.80. The maximum absolute atomic E-state index is 7.09. The fourth-order valence-electron chi connectivity index (χ4n) is 6.96. The minimum absolute atomic E-state index is 0.110. The molecular weight excluding hydrogens is 672 g/mol. The van der Waals surface area contributed by atoms with E-state index < -0.39 is 35.2 Å². The van der Waals surface area contributed by atoms with E-state index in [0.717, 1.165) is 32.1 Å². The van der Waals surface area contributed by atoms with Crippen LogP contribution in [0.15, 0.2) is 0 Å². The first-order valence-electron chi connectivity index (χ1n) is 20.8. The van der Waals surface area contributed by atoms with E-state index in [4.69, 9.17) is 56.8 Å². The highest BCUT2D eigenvalue weighted by molar-refractivity contribution is 5.15. The van der Waals surface area contributed by atoms with Gasteiger partial charge in [0.25, 0.3) is 23.1 Å². The normalized spacial score (nSPS) is 13.5. The smallest absolute Gasteiger partial charge is 0.291 e. The first-order valence-corrected chi connectivity index (χ1v) is 20.8. The lowest BCUT2D eigenvalue weighted by molar-refractivity contribution is -0.587. The molecule has 0 fully saturated rings. The molecule has 0 spiro atoms. The van der Waals surface area contributed by atoms with Crippen molar-refractivity contribution in [3.8, 4) is 0 Å². The van der Waals surface area contributed by atoms with Gasteiger partial charge < -0.3 is 56.8 Å². The molecular formula is C40H82O12. The molecule has 0 bridgehead atoms. The number of hydrogen-bond donors (Lipinski definition) is 0. The molecule has 52 heavy (non-hydrogen) atoms. The van der Waals surface area contributed by atoms with Crippen LogP contribution in [0.4, 0.5) is 0 Å². The number of ether oxygens (including phenoxy) is 12. The first kappa shape index (κ1) is 51.5. The molecule has 0 aromatic carbocycles. The monoisotopic (exact) mass is 755 g/mol. The van der Waals surface area contributed by atoms with Crippen molar-refractivity contribution >= 4 is 0 Å². The lowest BCUT2D eigenvalue weighted by Gasteiger charge is -2.63. The summed E-state index contributed by atoms with van der Waals surface area (Å²) in [4.78, 5) is 0. The van der Waals surface area contributed by atoms with Crippen LogP contribution >= 0.6 is 0 Å². The van der Waals surface area contributed by atoms with Crippen molar-refractivity contribution < 1.29 is 56.8 Å². The highest BCUT2D eigenvalue weighted by Crippen LogP contribution is 2.58. The molecule has 0 atom stereocenters. The zero-order valence-electron chi connectivity index (χ0n) is 35.8. The molecule has 0 heterocycles. The Morgan fingerprint density at radius 2 is 0.692 bits per heavy atom. The van der Waals surface area contributed by atoms with Crippen LogP contribution in [0.2, 0.25) is 0 Å². The van der Waals surface area contributed by atoms with Crippen molar-refractivity contribution in [3.63, 3.8) is 0 Å². The number of rotatable bonds is 38. The average molecular weight is 755 g/mol. The van der Waals surface area contributed by atoms with Crippen LogP contribution in [0.25, 0.3) is 0 Å². The van der Waals surface area contributed by atoms with Gasteiger partial charge in [-0.1, -0.05) is 52.9 Å². The van der Waals surface area contributed by atoms with Gasteiger partial charge in [0.15, 0.2) is 0 Å². The molecule has 0 aliphatic carbocycles. The van der Waals surface area contributed by atoms with Crippen LogP contribution in [-0.4, -0.2) is 115 Å². The molecule has 0 aromatic rings. The van der Waals surface area contributed by atoms with Gasteiger partial charge in [0.1, 0.15) is 0 Å². The largest absolute Gasteiger partial charge is 0.348 e. The summed E-state index contributed by atoms with van der Waals surface area (Å²) in [6.45, 7) is 27.4. The second kappa shape index (κ2) is 28.9. The number of hydrogen-bond acceptors (Lipinski definition) is 12. The van der Waals surface area contributed by atoms with Crippen LogP contribution in [0.3, 0.4) is 0 Å². The molecule has 0 aromatic heterocycles. The summed E-state index contributed by atoms with van der Waals surface area (Å²) < 4.78 is 82.7. The summed E-state index contributed by atoms with van der Waals surface area (Å²) >= 11 is 0. The molecule has 0 unspecified atom stereocenters. The van der Waals surface area contributed by atoms with Gasteiger partial charge in [-0.2, -0.15) is 0 Å². The molecule has 0 aliphatic heterocycles. The van der Waals surface area contributed by atoms with Crippen LogP contribution in [0, 0.1) is 0 Å². The van der Waals surface area contributed by atoms with E-state index in [1.165, 1.54) is 6.42 Å². The molecule has 0 rings (SSSR count). The molecule has 0 saturated heterocycles. The topological polar surface area (TPSA) is 111 Å². The van der Waals surface area contributed by atoms with Crippen molar-refractivity contribution in [1.29, 1.82) is 0 Å². The van der Waals surface area contributed by atoms with E-state index in [9.17, 15) is 0 Å². The Morgan fingerprint density at radius 1 is 0.327 bits per heavy atom. The Bertz CT molecular complexity index is 790. The molecule has 0 saturated carbocycles. The average Bonchev–Trinajstić information content (AvgIpc) is 3.13. The van der Waals surface area contributed by atoms with Crippen LogP contribution in [-0.2, 0) is 56.8 Å². The first-order chi connectivity index (χ1) is 25.2. The predicted octanol–water partition coefficient (Wildman–Crippen LogP) is 8.76. The highest BCUT2D eigenvalue weighted by Gasteiger charge is 2.85. The van der Waals surface area contributed by atoms with Crippen molar-refractivity contribution in [1.82, 2.24) is 0 Å². The quantitative estimate of drug-likeness (QED) is 0.0444. The molecule has 0 N–H and O–H groups in total. The van der Waals surface area contributed by atoms with Crippen molar-refractivity contribution in [2.75, 3.05) is 79.3 Å². The predicted molar refractivity (Wildman–Crippen MR) is 204 cm³/mol. The van der Waals surface area contributed by atoms with E-state index in [0.29, 0.717) is 32.5 Å². The van der Waals surface area contributed by atoms with Crippen molar-refractivity contribution in [2.45, 2.75) is 183 Å². The highest BCUT2D eigenvalue weighted by atomic mass is 16.9. The van der Waals surface area contributed by atoms with Crippen LogP contribution in [0.1, 0.15) is 148 Å². The fraction of sp³-hybridized carbons (Fsp3) is 1.00. The molecule has 0 aliphatic rings. The minimum Gasteiger partial charge on any atom is -0.348 e. The standard InChI is InChI=1S/C40H82O12/c1-14-27-28-29-30-31-32-36(51-33-15-2,52-34-16-3)38(45-21-8,46-22-9)40(49-25-12,50-26-13)39(47-23-10,48-24-11)37(43-19-6,44-20-7)35(41-17-4)42-18-5/h35H,14-34H2,1-13H3. The third-order valence-corrected chi connectivity index (χ3v) is 8.51. The molecule has 314 valence electrons.